The van der Waals surface area contributed by atoms with E-state index in [-0.39, 0.29) is 5.82 Å². The molecule has 38 heavy (non-hydrogen) atoms. The molecule has 2 aromatic carbocycles. The summed E-state index contributed by atoms with van der Waals surface area (Å²) >= 11 is 5.72. The number of benzene rings is 2. The van der Waals surface area contributed by atoms with E-state index in [1.54, 1.807) is 19.2 Å². The van der Waals surface area contributed by atoms with E-state index < -0.39 is 11.2 Å². The number of fused-ring (bicyclic) bond motifs is 1. The van der Waals surface area contributed by atoms with Crippen LogP contribution in [0.2, 0.25) is 0 Å². The third-order valence-electron chi connectivity index (χ3n) is 7.28. The molecule has 1 aliphatic rings. The van der Waals surface area contributed by atoms with Crippen molar-refractivity contribution in [2.45, 2.75) is 20.4 Å². The maximum atomic E-state index is 13.5. The second-order valence-corrected chi connectivity index (χ2v) is 10.0. The summed E-state index contributed by atoms with van der Waals surface area (Å²) < 4.78 is 17.8. The average molecular weight is 536 g/mol. The molecule has 1 N–H and O–H groups in total. The summed E-state index contributed by atoms with van der Waals surface area (Å²) in [4.78, 5) is 34.8. The minimum Gasteiger partial charge on any atom is -0.345 e. The molecule has 0 radical (unpaired) electrons. The molecule has 0 saturated carbocycles. The maximum absolute atomic E-state index is 13.5. The molecular formula is C27H30FN7O2S. The van der Waals surface area contributed by atoms with Crippen LogP contribution in [0.15, 0.2) is 52.1 Å². The van der Waals surface area contributed by atoms with Crippen LogP contribution in [0.25, 0.3) is 11.2 Å². The zero-order valence-corrected chi connectivity index (χ0v) is 22.7. The smallest absolute Gasteiger partial charge is 0.332 e. The quantitative estimate of drug-likeness (QED) is 0.403. The molecule has 198 valence electrons. The Kier molecular flexibility index (Phi) is 6.78. The van der Waals surface area contributed by atoms with Gasteiger partial charge < -0.3 is 15.1 Å². The molecule has 0 unspecified atom stereocenters. The zero-order chi connectivity index (χ0) is 27.1. The van der Waals surface area contributed by atoms with Gasteiger partial charge in [0.25, 0.3) is 5.56 Å². The molecule has 0 amide bonds. The second kappa shape index (κ2) is 10.1. The van der Waals surface area contributed by atoms with Crippen LogP contribution in [0.5, 0.6) is 0 Å². The van der Waals surface area contributed by atoms with Crippen molar-refractivity contribution < 1.29 is 4.39 Å². The van der Waals surface area contributed by atoms with Crippen LogP contribution in [-0.2, 0) is 20.6 Å². The van der Waals surface area contributed by atoms with Crippen molar-refractivity contribution >= 4 is 40.1 Å². The van der Waals surface area contributed by atoms with E-state index in [1.165, 1.54) is 29.3 Å². The number of hydrogen-bond acceptors (Lipinski definition) is 5. The summed E-state index contributed by atoms with van der Waals surface area (Å²) in [5.74, 6) is 0.264. The Labute approximate surface area is 224 Å². The number of hydrogen-bond donors (Lipinski definition) is 1. The van der Waals surface area contributed by atoms with Crippen molar-refractivity contribution in [3.05, 3.63) is 85.8 Å². The molecule has 2 aromatic heterocycles. The average Bonchev–Trinajstić information content (AvgIpc) is 3.29. The first-order valence-electron chi connectivity index (χ1n) is 12.4. The number of aromatic nitrogens is 4. The number of nitrogens with one attached hydrogen (secondary N) is 1. The molecule has 11 heteroatoms. The number of nitrogens with zero attached hydrogens (tertiary/aromatic N) is 6. The first-order valence-corrected chi connectivity index (χ1v) is 12.8. The number of thiocarbonyl (C=S) groups is 1. The summed E-state index contributed by atoms with van der Waals surface area (Å²) in [6.07, 6.45) is 0. The van der Waals surface area contributed by atoms with E-state index in [1.807, 2.05) is 16.7 Å². The topological polar surface area (TPSA) is 80.3 Å². The molecule has 4 aromatic rings. The van der Waals surface area contributed by atoms with Gasteiger partial charge in [0, 0.05) is 46.0 Å². The number of rotatable bonds is 4. The van der Waals surface area contributed by atoms with Gasteiger partial charge in [0.05, 0.1) is 6.54 Å². The van der Waals surface area contributed by atoms with Crippen molar-refractivity contribution in [1.82, 2.24) is 23.6 Å². The first-order chi connectivity index (χ1) is 18.2. The van der Waals surface area contributed by atoms with Gasteiger partial charge in [-0.2, -0.15) is 4.98 Å². The molecular weight excluding hydrogens is 505 g/mol. The normalized spacial score (nSPS) is 13.8. The van der Waals surface area contributed by atoms with Gasteiger partial charge in [-0.15, -0.1) is 0 Å². The molecule has 1 saturated heterocycles. The monoisotopic (exact) mass is 535 g/mol. The molecule has 1 fully saturated rings. The minimum atomic E-state index is -0.437. The number of aryl methyl sites for hydroxylation is 2. The Morgan fingerprint density at radius 1 is 1.00 bits per heavy atom. The van der Waals surface area contributed by atoms with Crippen LogP contribution in [0.4, 0.5) is 16.0 Å². The summed E-state index contributed by atoms with van der Waals surface area (Å²) in [6.45, 7) is 7.02. The second-order valence-electron chi connectivity index (χ2n) is 9.65. The first kappa shape index (κ1) is 25.7. The molecule has 1 aliphatic heterocycles. The van der Waals surface area contributed by atoms with Crippen LogP contribution in [-0.4, -0.2) is 54.9 Å². The van der Waals surface area contributed by atoms with Crippen molar-refractivity contribution in [2.75, 3.05) is 36.4 Å². The van der Waals surface area contributed by atoms with Crippen LogP contribution in [0.3, 0.4) is 0 Å². The van der Waals surface area contributed by atoms with Gasteiger partial charge in [0.1, 0.15) is 5.82 Å². The highest BCUT2D eigenvalue weighted by Crippen LogP contribution is 2.24. The summed E-state index contributed by atoms with van der Waals surface area (Å²) in [6, 6.07) is 12.3. The van der Waals surface area contributed by atoms with Crippen molar-refractivity contribution in [3.63, 3.8) is 0 Å². The predicted octanol–water partition coefficient (Wildman–Crippen LogP) is 2.76. The third kappa shape index (κ3) is 4.58. The van der Waals surface area contributed by atoms with Gasteiger partial charge >= 0.3 is 5.69 Å². The Morgan fingerprint density at radius 3 is 2.37 bits per heavy atom. The van der Waals surface area contributed by atoms with E-state index in [2.05, 4.69) is 35.0 Å². The van der Waals surface area contributed by atoms with Gasteiger partial charge in [-0.3, -0.25) is 18.5 Å². The van der Waals surface area contributed by atoms with E-state index >= 15 is 0 Å². The lowest BCUT2D eigenvalue weighted by molar-refractivity contribution is 0.386. The zero-order valence-electron chi connectivity index (χ0n) is 21.9. The standard InChI is InChI=1S/C27H30FN7O2S/c1-17-6-5-7-21(18(17)2)29-26(38)34-14-12-33(13-15-34)25-30-23-22(24(36)32(4)27(37)31(23)3)35(25)16-19-8-10-20(28)11-9-19/h5-11H,12-16H2,1-4H3,(H,29,38). The van der Waals surface area contributed by atoms with Gasteiger partial charge in [-0.1, -0.05) is 24.3 Å². The highest BCUT2D eigenvalue weighted by molar-refractivity contribution is 7.80. The maximum Gasteiger partial charge on any atom is 0.332 e. The lowest BCUT2D eigenvalue weighted by Gasteiger charge is -2.37. The van der Waals surface area contributed by atoms with E-state index in [0.29, 0.717) is 54.9 Å². The van der Waals surface area contributed by atoms with Crippen molar-refractivity contribution in [3.8, 4) is 0 Å². The fourth-order valence-electron chi connectivity index (χ4n) is 4.79. The van der Waals surface area contributed by atoms with Crippen LogP contribution in [0, 0.1) is 19.7 Å². The molecule has 0 spiro atoms. The fraction of sp³-hybridized carbons (Fsp3) is 0.333. The molecule has 5 rings (SSSR count). The van der Waals surface area contributed by atoms with Gasteiger partial charge in [-0.05, 0) is 61.0 Å². The highest BCUT2D eigenvalue weighted by atomic mass is 32.1. The minimum absolute atomic E-state index is 0.312. The predicted molar refractivity (Wildman–Crippen MR) is 152 cm³/mol. The Bertz CT molecular complexity index is 1650. The van der Waals surface area contributed by atoms with Crippen LogP contribution < -0.4 is 21.5 Å². The summed E-state index contributed by atoms with van der Waals surface area (Å²) in [7, 11) is 3.07. The fourth-order valence-corrected chi connectivity index (χ4v) is 5.08. The number of piperazine rings is 1. The summed E-state index contributed by atoms with van der Waals surface area (Å²) in [5, 5.41) is 4.04. The van der Waals surface area contributed by atoms with Crippen molar-refractivity contribution in [1.29, 1.82) is 0 Å². The Balaban J connectivity index is 1.45. The molecule has 3 heterocycles. The van der Waals surface area contributed by atoms with E-state index in [0.717, 1.165) is 21.4 Å². The number of imidazole rings is 1. The van der Waals surface area contributed by atoms with Gasteiger partial charge in [0.15, 0.2) is 16.3 Å². The highest BCUT2D eigenvalue weighted by Gasteiger charge is 2.26. The number of anilines is 2. The Hall–Kier alpha value is -3.99. The van der Waals surface area contributed by atoms with Crippen LogP contribution >= 0.6 is 12.2 Å². The molecule has 9 nitrogen and oxygen atoms in total. The largest absolute Gasteiger partial charge is 0.345 e. The summed E-state index contributed by atoms with van der Waals surface area (Å²) in [5.41, 5.74) is 3.98. The lowest BCUT2D eigenvalue weighted by Crippen LogP contribution is -2.50. The lowest BCUT2D eigenvalue weighted by atomic mass is 10.1. The molecule has 0 atom stereocenters. The Morgan fingerprint density at radius 2 is 1.68 bits per heavy atom. The van der Waals surface area contributed by atoms with E-state index in [4.69, 9.17) is 17.2 Å². The van der Waals surface area contributed by atoms with Crippen molar-refractivity contribution in [2.24, 2.45) is 14.1 Å². The third-order valence-corrected chi connectivity index (χ3v) is 7.64. The SMILES string of the molecule is Cc1cccc(NC(=S)N2CCN(c3nc4c(c(=O)n(C)c(=O)n4C)n3Cc3ccc(F)cc3)CC2)c1C. The number of halogens is 1. The molecule has 0 bridgehead atoms. The van der Waals surface area contributed by atoms with Gasteiger partial charge in [-0.25, -0.2) is 9.18 Å². The van der Waals surface area contributed by atoms with Crippen LogP contribution in [0.1, 0.15) is 16.7 Å². The van der Waals surface area contributed by atoms with Gasteiger partial charge in [0.2, 0.25) is 5.95 Å². The molecule has 0 aliphatic carbocycles. The van der Waals surface area contributed by atoms with E-state index in [9.17, 15) is 14.0 Å².